The molecule has 0 atom stereocenters. The average molecular weight is 369 g/mol. The number of likely N-dealkylation sites (N-methyl/N-ethyl adjacent to an activating group) is 1. The van der Waals surface area contributed by atoms with E-state index in [4.69, 9.17) is 0 Å². The van der Waals surface area contributed by atoms with Crippen LogP contribution in [0.4, 0.5) is 0 Å². The number of likely N-dealkylation sites (tertiary alicyclic amines) is 1. The van der Waals surface area contributed by atoms with Crippen molar-refractivity contribution in [2.45, 2.75) is 75.3 Å². The summed E-state index contributed by atoms with van der Waals surface area (Å²) in [6.07, 6.45) is 11.8. The number of piperidine rings is 1. The predicted octanol–water partition coefficient (Wildman–Crippen LogP) is 2.78. The molecule has 2 heterocycles. The van der Waals surface area contributed by atoms with Crippen molar-refractivity contribution in [1.82, 2.24) is 19.2 Å². The van der Waals surface area contributed by atoms with Crippen molar-refractivity contribution in [3.05, 3.63) is 12.0 Å². The number of rotatable bonds is 6. The number of hydrogen-bond donors (Lipinski definition) is 1. The Kier molecular flexibility index (Phi) is 5.85. The van der Waals surface area contributed by atoms with Crippen molar-refractivity contribution in [1.29, 1.82) is 0 Å². The number of nitrogens with zero attached hydrogens (tertiary/aromatic N) is 3. The summed E-state index contributed by atoms with van der Waals surface area (Å²) in [5.74, 6) is 0.718. The van der Waals surface area contributed by atoms with Crippen molar-refractivity contribution >= 4 is 10.0 Å². The number of aryl methyl sites for hydroxylation is 1. The van der Waals surface area contributed by atoms with Gasteiger partial charge in [-0.05, 0) is 38.8 Å². The van der Waals surface area contributed by atoms with Crippen LogP contribution in [-0.2, 0) is 16.4 Å². The van der Waals surface area contributed by atoms with Crippen molar-refractivity contribution < 1.29 is 8.42 Å². The van der Waals surface area contributed by atoms with E-state index in [1.165, 1.54) is 44.7 Å². The van der Waals surface area contributed by atoms with Gasteiger partial charge in [0.25, 0.3) is 10.0 Å². The molecular formula is C18H32N4O2S. The summed E-state index contributed by atoms with van der Waals surface area (Å²) in [6.45, 7) is 4.76. The summed E-state index contributed by atoms with van der Waals surface area (Å²) in [5, 5.41) is 0.219. The van der Waals surface area contributed by atoms with Gasteiger partial charge in [-0.1, -0.05) is 32.6 Å². The Hall–Kier alpha value is -0.920. The fraction of sp³-hybridized carbons (Fsp3) is 0.833. The lowest BCUT2D eigenvalue weighted by Crippen LogP contribution is -2.58. The molecule has 1 aliphatic heterocycles. The minimum Gasteiger partial charge on any atom is -0.332 e. The first-order chi connectivity index (χ1) is 12.0. The van der Waals surface area contributed by atoms with Crippen LogP contribution in [0.25, 0.3) is 0 Å². The summed E-state index contributed by atoms with van der Waals surface area (Å²) in [6, 6.07) is 0. The second-order valence-corrected chi connectivity index (χ2v) is 9.65. The van der Waals surface area contributed by atoms with Gasteiger partial charge in [-0.3, -0.25) is 4.90 Å². The zero-order chi connectivity index (χ0) is 17.9. The molecule has 0 spiro atoms. The fourth-order valence-corrected chi connectivity index (χ4v) is 5.65. The molecule has 1 aromatic heterocycles. The summed E-state index contributed by atoms with van der Waals surface area (Å²) < 4.78 is 27.5. The molecule has 0 amide bonds. The van der Waals surface area contributed by atoms with E-state index in [1.54, 1.807) is 11.4 Å². The first kappa shape index (κ1) is 18.9. The quantitative estimate of drug-likeness (QED) is 0.838. The molecule has 1 N–H and O–H groups in total. The van der Waals surface area contributed by atoms with Gasteiger partial charge in [-0.2, -0.15) is 4.31 Å². The molecule has 2 aliphatic rings. The van der Waals surface area contributed by atoms with Crippen LogP contribution >= 0.6 is 0 Å². The van der Waals surface area contributed by atoms with Crippen LogP contribution in [0.1, 0.15) is 64.1 Å². The lowest BCUT2D eigenvalue weighted by atomic mass is 9.79. The van der Waals surface area contributed by atoms with Gasteiger partial charge >= 0.3 is 0 Å². The van der Waals surface area contributed by atoms with Gasteiger partial charge in [-0.25, -0.2) is 13.4 Å². The van der Waals surface area contributed by atoms with Crippen molar-refractivity contribution in [3.8, 4) is 0 Å². The summed E-state index contributed by atoms with van der Waals surface area (Å²) in [5.41, 5.74) is 0.00803. The molecule has 1 aliphatic carbocycles. The molecule has 142 valence electrons. The molecule has 1 aromatic rings. The van der Waals surface area contributed by atoms with Gasteiger partial charge in [0.05, 0.1) is 6.20 Å². The Morgan fingerprint density at radius 1 is 1.16 bits per heavy atom. The van der Waals surface area contributed by atoms with Gasteiger partial charge in [0, 0.05) is 25.6 Å². The van der Waals surface area contributed by atoms with Gasteiger partial charge in [0.15, 0.2) is 5.03 Å². The second-order valence-electron chi connectivity index (χ2n) is 7.64. The van der Waals surface area contributed by atoms with E-state index in [0.717, 1.165) is 31.8 Å². The summed E-state index contributed by atoms with van der Waals surface area (Å²) >= 11 is 0. The Balaban J connectivity index is 1.80. The third kappa shape index (κ3) is 3.93. The molecule has 0 bridgehead atoms. The highest BCUT2D eigenvalue weighted by Gasteiger charge is 2.41. The smallest absolute Gasteiger partial charge is 0.259 e. The number of sulfonamides is 1. The first-order valence-corrected chi connectivity index (χ1v) is 11.2. The Labute approximate surface area is 152 Å². The molecule has 25 heavy (non-hydrogen) atoms. The highest BCUT2D eigenvalue weighted by molar-refractivity contribution is 7.89. The molecule has 0 unspecified atom stereocenters. The number of aromatic nitrogens is 2. The van der Waals surface area contributed by atoms with E-state index in [2.05, 4.69) is 14.9 Å². The van der Waals surface area contributed by atoms with E-state index in [-0.39, 0.29) is 10.6 Å². The van der Waals surface area contributed by atoms with Crippen LogP contribution in [0.15, 0.2) is 11.2 Å². The van der Waals surface area contributed by atoms with Crippen molar-refractivity contribution in [3.63, 3.8) is 0 Å². The van der Waals surface area contributed by atoms with Gasteiger partial charge < -0.3 is 4.98 Å². The molecule has 0 radical (unpaired) electrons. The number of imidazole rings is 1. The minimum absolute atomic E-state index is 0.00803. The third-order valence-electron chi connectivity index (χ3n) is 5.96. The predicted molar refractivity (Wildman–Crippen MR) is 99.0 cm³/mol. The van der Waals surface area contributed by atoms with Crippen LogP contribution in [-0.4, -0.2) is 59.8 Å². The number of H-pyrrole nitrogens is 1. The van der Waals surface area contributed by atoms with Crippen molar-refractivity contribution in [2.75, 3.05) is 26.7 Å². The van der Waals surface area contributed by atoms with Crippen molar-refractivity contribution in [2.24, 2.45) is 0 Å². The van der Waals surface area contributed by atoms with E-state index in [1.807, 2.05) is 6.92 Å². The molecule has 7 heteroatoms. The third-order valence-corrected chi connectivity index (χ3v) is 7.67. The largest absolute Gasteiger partial charge is 0.332 e. The van der Waals surface area contributed by atoms with Crippen LogP contribution < -0.4 is 0 Å². The molecule has 3 rings (SSSR count). The first-order valence-electron chi connectivity index (χ1n) is 9.73. The Morgan fingerprint density at radius 3 is 2.40 bits per heavy atom. The van der Waals surface area contributed by atoms with E-state index < -0.39 is 10.0 Å². The maximum absolute atomic E-state index is 13.0. The Bertz CT molecular complexity index is 658. The highest BCUT2D eigenvalue weighted by Crippen LogP contribution is 2.37. The SMILES string of the molecule is CCc1ncc(S(=O)(=O)N(C)CC2(N3CCCCC3)CCCCC2)[nH]1. The van der Waals surface area contributed by atoms with E-state index >= 15 is 0 Å². The number of hydrogen-bond acceptors (Lipinski definition) is 4. The monoisotopic (exact) mass is 368 g/mol. The maximum atomic E-state index is 13.0. The topological polar surface area (TPSA) is 69.3 Å². The Morgan fingerprint density at radius 2 is 1.80 bits per heavy atom. The fourth-order valence-electron chi connectivity index (χ4n) is 4.47. The molecule has 1 saturated carbocycles. The highest BCUT2D eigenvalue weighted by atomic mass is 32.2. The van der Waals surface area contributed by atoms with Gasteiger partial charge in [-0.15, -0.1) is 0 Å². The number of nitrogens with one attached hydrogen (secondary N) is 1. The lowest BCUT2D eigenvalue weighted by molar-refractivity contribution is 0.0226. The zero-order valence-corrected chi connectivity index (χ0v) is 16.4. The molecule has 1 saturated heterocycles. The molecule has 0 aromatic carbocycles. The molecule has 2 fully saturated rings. The second kappa shape index (κ2) is 7.76. The van der Waals surface area contributed by atoms with Crippen LogP contribution in [0.5, 0.6) is 0 Å². The standard InChI is InChI=1S/C18H32N4O2S/c1-3-16-19-14-17(20-16)25(23,24)21(2)15-18(10-6-4-7-11-18)22-12-8-5-9-13-22/h14H,3-13,15H2,1-2H3,(H,19,20). The van der Waals surface area contributed by atoms with Gasteiger partial charge in [0.2, 0.25) is 0 Å². The minimum atomic E-state index is -3.52. The average Bonchev–Trinajstić information content (AvgIpc) is 3.13. The van der Waals surface area contributed by atoms with Crippen LogP contribution in [0.3, 0.4) is 0 Å². The zero-order valence-electron chi connectivity index (χ0n) is 15.6. The van der Waals surface area contributed by atoms with Crippen LogP contribution in [0.2, 0.25) is 0 Å². The maximum Gasteiger partial charge on any atom is 0.259 e. The van der Waals surface area contributed by atoms with E-state index in [0.29, 0.717) is 13.0 Å². The van der Waals surface area contributed by atoms with E-state index in [9.17, 15) is 8.42 Å². The number of aromatic amines is 1. The summed E-state index contributed by atoms with van der Waals surface area (Å²) in [4.78, 5) is 9.71. The van der Waals surface area contributed by atoms with Crippen LogP contribution in [0, 0.1) is 0 Å². The lowest BCUT2D eigenvalue weighted by Gasteiger charge is -2.49. The van der Waals surface area contributed by atoms with Gasteiger partial charge in [0.1, 0.15) is 5.82 Å². The molecular weight excluding hydrogens is 336 g/mol. The molecule has 6 nitrogen and oxygen atoms in total. The normalized spacial score (nSPS) is 22.4. The summed E-state index contributed by atoms with van der Waals surface area (Å²) in [7, 11) is -1.79.